The van der Waals surface area contributed by atoms with Crippen LogP contribution >= 0.6 is 0 Å². The average Bonchev–Trinajstić information content (AvgIpc) is 2.61. The molecule has 27 heavy (non-hydrogen) atoms. The van der Waals surface area contributed by atoms with Crippen LogP contribution in [-0.2, 0) is 9.59 Å². The summed E-state index contributed by atoms with van der Waals surface area (Å²) in [7, 11) is 0. The number of carbonyl (C=O) groups is 2. The van der Waals surface area contributed by atoms with E-state index in [-0.39, 0.29) is 17.2 Å². The second kappa shape index (κ2) is 7.29. The van der Waals surface area contributed by atoms with E-state index in [0.717, 1.165) is 42.7 Å². The summed E-state index contributed by atoms with van der Waals surface area (Å²) in [5.41, 5.74) is 1.95. The number of hydrogen-bond acceptors (Lipinski definition) is 2. The Labute approximate surface area is 162 Å². The second-order valence-electron chi connectivity index (χ2n) is 9.53. The van der Waals surface area contributed by atoms with E-state index in [2.05, 4.69) is 36.6 Å². The molecule has 2 amide bonds. The van der Waals surface area contributed by atoms with Gasteiger partial charge in [0.15, 0.2) is 0 Å². The molecule has 0 heterocycles. The number of carbonyl (C=O) groups excluding carboxylic acids is 2. The first kappa shape index (κ1) is 18.5. The highest BCUT2D eigenvalue weighted by Crippen LogP contribution is 2.60. The molecule has 0 atom stereocenters. The number of hydrogen-bond donors (Lipinski definition) is 2. The summed E-state index contributed by atoms with van der Waals surface area (Å²) >= 11 is 0. The third kappa shape index (κ3) is 3.90. The van der Waals surface area contributed by atoms with Gasteiger partial charge in [-0.05, 0) is 79.9 Å². The molecular weight excluding hydrogens is 336 g/mol. The van der Waals surface area contributed by atoms with E-state index in [9.17, 15) is 9.59 Å². The molecule has 4 saturated carbocycles. The van der Waals surface area contributed by atoms with Crippen molar-refractivity contribution in [3.63, 3.8) is 0 Å². The molecular formula is C23H32N2O2. The zero-order valence-electron chi connectivity index (χ0n) is 16.6. The molecule has 146 valence electrons. The number of benzene rings is 1. The van der Waals surface area contributed by atoms with Gasteiger partial charge in [-0.15, -0.1) is 0 Å². The summed E-state index contributed by atoms with van der Waals surface area (Å²) in [4.78, 5) is 25.1. The molecule has 4 heteroatoms. The van der Waals surface area contributed by atoms with Crippen LogP contribution in [0.3, 0.4) is 0 Å². The molecule has 0 spiro atoms. The van der Waals surface area contributed by atoms with Crippen LogP contribution in [0.25, 0.3) is 0 Å². The van der Waals surface area contributed by atoms with Crippen molar-refractivity contribution in [3.05, 3.63) is 29.8 Å². The Balaban J connectivity index is 1.25. The third-order valence-corrected chi connectivity index (χ3v) is 7.02. The van der Waals surface area contributed by atoms with Gasteiger partial charge >= 0.3 is 0 Å². The molecule has 0 aromatic heterocycles. The molecule has 1 aromatic carbocycles. The van der Waals surface area contributed by atoms with Crippen LogP contribution in [0.5, 0.6) is 0 Å². The lowest BCUT2D eigenvalue weighted by atomic mass is 9.49. The number of rotatable bonds is 6. The smallest absolute Gasteiger partial charge is 0.226 e. The quantitative estimate of drug-likeness (QED) is 0.778. The molecule has 0 saturated heterocycles. The molecule has 4 nitrogen and oxygen atoms in total. The Bertz CT molecular complexity index is 672. The molecule has 2 N–H and O–H groups in total. The first-order valence-electron chi connectivity index (χ1n) is 10.6. The van der Waals surface area contributed by atoms with Crippen molar-refractivity contribution < 1.29 is 9.59 Å². The fraction of sp³-hybridized carbons (Fsp3) is 0.652. The zero-order chi connectivity index (χ0) is 19.0. The standard InChI is InChI=1S/C23H32N2O2/c1-15(2)19-3-5-20(6-4-19)25-21(26)7-8-24-22(27)23-12-16-9-17(13-23)11-18(10-16)14-23/h3-6,15-18H,7-14H2,1-2H3,(H,24,27)(H,25,26). The zero-order valence-corrected chi connectivity index (χ0v) is 16.6. The van der Waals surface area contributed by atoms with Gasteiger partial charge in [0, 0.05) is 24.1 Å². The Morgan fingerprint density at radius 2 is 1.56 bits per heavy atom. The molecule has 0 radical (unpaired) electrons. The Morgan fingerprint density at radius 3 is 2.07 bits per heavy atom. The van der Waals surface area contributed by atoms with Gasteiger partial charge in [0.1, 0.15) is 0 Å². The van der Waals surface area contributed by atoms with Gasteiger partial charge in [0.05, 0.1) is 0 Å². The van der Waals surface area contributed by atoms with E-state index in [1.54, 1.807) is 0 Å². The van der Waals surface area contributed by atoms with Crippen LogP contribution in [-0.4, -0.2) is 18.4 Å². The molecule has 0 unspecified atom stereocenters. The van der Waals surface area contributed by atoms with E-state index in [1.807, 2.05) is 12.1 Å². The van der Waals surface area contributed by atoms with Crippen LogP contribution in [0.15, 0.2) is 24.3 Å². The minimum absolute atomic E-state index is 0.0434. The van der Waals surface area contributed by atoms with Crippen molar-refractivity contribution in [1.82, 2.24) is 5.32 Å². The maximum Gasteiger partial charge on any atom is 0.226 e. The highest BCUT2D eigenvalue weighted by Gasteiger charge is 2.54. The Hall–Kier alpha value is -1.84. The van der Waals surface area contributed by atoms with Crippen LogP contribution in [0, 0.1) is 23.2 Å². The fourth-order valence-electron chi connectivity index (χ4n) is 6.04. The number of amides is 2. The summed E-state index contributed by atoms with van der Waals surface area (Å²) in [5.74, 6) is 2.93. The van der Waals surface area contributed by atoms with Crippen molar-refractivity contribution in [3.8, 4) is 0 Å². The summed E-state index contributed by atoms with van der Waals surface area (Å²) < 4.78 is 0. The second-order valence-corrected chi connectivity index (χ2v) is 9.53. The fourth-order valence-corrected chi connectivity index (χ4v) is 6.04. The predicted octanol–water partition coefficient (Wildman–Crippen LogP) is 4.47. The highest BCUT2D eigenvalue weighted by atomic mass is 16.2. The highest BCUT2D eigenvalue weighted by molar-refractivity contribution is 5.91. The first-order valence-corrected chi connectivity index (χ1v) is 10.6. The lowest BCUT2D eigenvalue weighted by Crippen LogP contribution is -2.53. The topological polar surface area (TPSA) is 58.2 Å². The van der Waals surface area contributed by atoms with Crippen LogP contribution in [0.4, 0.5) is 5.69 Å². The van der Waals surface area contributed by atoms with Gasteiger partial charge in [0.2, 0.25) is 11.8 Å². The van der Waals surface area contributed by atoms with E-state index in [4.69, 9.17) is 0 Å². The summed E-state index contributed by atoms with van der Waals surface area (Å²) in [5, 5.41) is 6.01. The normalized spacial score (nSPS) is 31.1. The van der Waals surface area contributed by atoms with Crippen molar-refractivity contribution in [2.45, 2.75) is 64.7 Å². The van der Waals surface area contributed by atoms with Gasteiger partial charge in [-0.25, -0.2) is 0 Å². The van der Waals surface area contributed by atoms with E-state index in [0.29, 0.717) is 18.9 Å². The number of anilines is 1. The van der Waals surface area contributed by atoms with Crippen LogP contribution < -0.4 is 10.6 Å². The van der Waals surface area contributed by atoms with Gasteiger partial charge in [-0.1, -0.05) is 26.0 Å². The van der Waals surface area contributed by atoms with E-state index in [1.165, 1.54) is 24.8 Å². The monoisotopic (exact) mass is 368 g/mol. The predicted molar refractivity (Wildman–Crippen MR) is 107 cm³/mol. The maximum absolute atomic E-state index is 12.9. The van der Waals surface area contributed by atoms with Gasteiger partial charge in [-0.2, -0.15) is 0 Å². The van der Waals surface area contributed by atoms with Crippen molar-refractivity contribution in [1.29, 1.82) is 0 Å². The van der Waals surface area contributed by atoms with Crippen molar-refractivity contribution >= 4 is 17.5 Å². The SMILES string of the molecule is CC(C)c1ccc(NC(=O)CCNC(=O)C23CC4CC(CC(C4)C2)C3)cc1. The minimum atomic E-state index is -0.127. The molecule has 4 aliphatic carbocycles. The van der Waals surface area contributed by atoms with E-state index >= 15 is 0 Å². The van der Waals surface area contributed by atoms with Crippen LogP contribution in [0.2, 0.25) is 0 Å². The van der Waals surface area contributed by atoms with Gasteiger partial charge < -0.3 is 10.6 Å². The Kier molecular flexibility index (Phi) is 5.00. The number of nitrogens with one attached hydrogen (secondary N) is 2. The maximum atomic E-state index is 12.9. The molecule has 5 rings (SSSR count). The largest absolute Gasteiger partial charge is 0.355 e. The summed E-state index contributed by atoms with van der Waals surface area (Å²) in [6.45, 7) is 4.73. The summed E-state index contributed by atoms with van der Waals surface area (Å²) in [6.07, 6.45) is 7.54. The Morgan fingerprint density at radius 1 is 1.00 bits per heavy atom. The van der Waals surface area contributed by atoms with Gasteiger partial charge in [0.25, 0.3) is 0 Å². The van der Waals surface area contributed by atoms with Crippen molar-refractivity contribution in [2.75, 3.05) is 11.9 Å². The lowest BCUT2D eigenvalue weighted by molar-refractivity contribution is -0.146. The molecule has 0 aliphatic heterocycles. The minimum Gasteiger partial charge on any atom is -0.355 e. The molecule has 4 fully saturated rings. The molecule has 4 bridgehead atoms. The van der Waals surface area contributed by atoms with Crippen molar-refractivity contribution in [2.24, 2.45) is 23.2 Å². The molecule has 1 aromatic rings. The van der Waals surface area contributed by atoms with E-state index < -0.39 is 0 Å². The van der Waals surface area contributed by atoms with Gasteiger partial charge in [-0.3, -0.25) is 9.59 Å². The first-order chi connectivity index (χ1) is 12.9. The summed E-state index contributed by atoms with van der Waals surface area (Å²) in [6, 6.07) is 7.99. The molecule has 4 aliphatic rings. The third-order valence-electron chi connectivity index (χ3n) is 7.02. The van der Waals surface area contributed by atoms with Crippen LogP contribution in [0.1, 0.15) is 70.3 Å². The average molecular weight is 369 g/mol. The lowest BCUT2D eigenvalue weighted by Gasteiger charge is -2.55.